The summed E-state index contributed by atoms with van der Waals surface area (Å²) >= 11 is 3.34. The average Bonchev–Trinajstić information content (AvgIpc) is 2.82. The van der Waals surface area contributed by atoms with Gasteiger partial charge < -0.3 is 14.3 Å². The summed E-state index contributed by atoms with van der Waals surface area (Å²) in [5.41, 5.74) is 0.00741. The first-order valence-corrected chi connectivity index (χ1v) is 6.14. The van der Waals surface area contributed by atoms with Crippen molar-refractivity contribution in [1.82, 2.24) is 9.88 Å². The van der Waals surface area contributed by atoms with Gasteiger partial charge in [0.15, 0.2) is 0 Å². The van der Waals surface area contributed by atoms with E-state index in [0.717, 1.165) is 16.8 Å². The van der Waals surface area contributed by atoms with E-state index in [1.54, 1.807) is 29.2 Å². The van der Waals surface area contributed by atoms with Crippen LogP contribution in [0.5, 0.6) is 0 Å². The van der Waals surface area contributed by atoms with Crippen molar-refractivity contribution >= 4 is 15.9 Å². The quantitative estimate of drug-likeness (QED) is 0.859. The van der Waals surface area contributed by atoms with Crippen molar-refractivity contribution in [2.24, 2.45) is 0 Å². The van der Waals surface area contributed by atoms with E-state index in [-0.39, 0.29) is 5.56 Å². The second-order valence-electron chi connectivity index (χ2n) is 3.64. The van der Waals surface area contributed by atoms with Gasteiger partial charge in [-0.15, -0.1) is 0 Å². The molecule has 4 nitrogen and oxygen atoms in total. The molecule has 0 atom stereocenters. The zero-order chi connectivity index (χ0) is 12.1. The van der Waals surface area contributed by atoms with E-state index in [1.165, 1.54) is 0 Å². The summed E-state index contributed by atoms with van der Waals surface area (Å²) in [5, 5.41) is 3.21. The molecule has 2 rings (SSSR count). The summed E-state index contributed by atoms with van der Waals surface area (Å²) in [4.78, 5) is 11.5. The van der Waals surface area contributed by atoms with Crippen molar-refractivity contribution in [3.63, 3.8) is 0 Å². The van der Waals surface area contributed by atoms with Crippen LogP contribution in [0.1, 0.15) is 5.76 Å². The predicted octanol–water partition coefficient (Wildman–Crippen LogP) is 1.99. The van der Waals surface area contributed by atoms with Gasteiger partial charge in [0.25, 0.3) is 5.56 Å². The standard InChI is InChI=1S/C12H13BrN2O2/c13-10-3-4-12(16)15(9-10)6-5-14-8-11-2-1-7-17-11/h1-4,7,9,14H,5-6,8H2. The fraction of sp³-hybridized carbons (Fsp3) is 0.250. The van der Waals surface area contributed by atoms with E-state index in [4.69, 9.17) is 4.42 Å². The largest absolute Gasteiger partial charge is 0.468 e. The number of aromatic nitrogens is 1. The first-order valence-electron chi connectivity index (χ1n) is 5.35. The van der Waals surface area contributed by atoms with E-state index in [2.05, 4.69) is 21.2 Å². The highest BCUT2D eigenvalue weighted by Gasteiger charge is 1.98. The van der Waals surface area contributed by atoms with Crippen LogP contribution in [0.15, 0.2) is 50.4 Å². The summed E-state index contributed by atoms with van der Waals surface area (Å²) in [7, 11) is 0. The molecule has 2 aromatic rings. The Morgan fingerprint density at radius 1 is 1.35 bits per heavy atom. The average molecular weight is 297 g/mol. The van der Waals surface area contributed by atoms with Crippen LogP contribution < -0.4 is 10.9 Å². The fourth-order valence-corrected chi connectivity index (χ4v) is 1.88. The molecular weight excluding hydrogens is 284 g/mol. The smallest absolute Gasteiger partial charge is 0.250 e. The summed E-state index contributed by atoms with van der Waals surface area (Å²) < 4.78 is 7.76. The molecule has 1 N–H and O–H groups in total. The highest BCUT2D eigenvalue weighted by atomic mass is 79.9. The summed E-state index contributed by atoms with van der Waals surface area (Å²) in [5.74, 6) is 0.895. The van der Waals surface area contributed by atoms with Gasteiger partial charge in [-0.3, -0.25) is 4.79 Å². The van der Waals surface area contributed by atoms with Crippen molar-refractivity contribution < 1.29 is 4.42 Å². The van der Waals surface area contributed by atoms with Gasteiger partial charge in [-0.05, 0) is 34.1 Å². The Balaban J connectivity index is 1.82. The first kappa shape index (κ1) is 12.1. The fourth-order valence-electron chi connectivity index (χ4n) is 1.50. The number of halogens is 1. The third-order valence-corrected chi connectivity index (χ3v) is 2.83. The molecule has 2 heterocycles. The zero-order valence-electron chi connectivity index (χ0n) is 9.23. The van der Waals surface area contributed by atoms with Gasteiger partial charge >= 0.3 is 0 Å². The minimum Gasteiger partial charge on any atom is -0.468 e. The van der Waals surface area contributed by atoms with Crippen molar-refractivity contribution in [2.45, 2.75) is 13.1 Å². The van der Waals surface area contributed by atoms with Gasteiger partial charge in [0.2, 0.25) is 0 Å². The predicted molar refractivity (Wildman–Crippen MR) is 68.8 cm³/mol. The Morgan fingerprint density at radius 3 is 3.00 bits per heavy atom. The Kier molecular flexibility index (Phi) is 4.17. The minimum absolute atomic E-state index is 0.00741. The third kappa shape index (κ3) is 3.57. The number of furan rings is 1. The zero-order valence-corrected chi connectivity index (χ0v) is 10.8. The topological polar surface area (TPSA) is 47.2 Å². The molecule has 0 unspecified atom stereocenters. The molecule has 0 spiro atoms. The Hall–Kier alpha value is -1.33. The molecular formula is C12H13BrN2O2. The molecule has 0 aliphatic carbocycles. The van der Waals surface area contributed by atoms with Crippen LogP contribution in [0.2, 0.25) is 0 Å². The summed E-state index contributed by atoms with van der Waals surface area (Å²) in [6, 6.07) is 7.07. The molecule has 0 bridgehead atoms. The van der Waals surface area contributed by atoms with Crippen molar-refractivity contribution in [3.8, 4) is 0 Å². The van der Waals surface area contributed by atoms with E-state index in [0.29, 0.717) is 13.1 Å². The molecule has 90 valence electrons. The second kappa shape index (κ2) is 5.84. The van der Waals surface area contributed by atoms with Gasteiger partial charge in [0, 0.05) is 29.8 Å². The maximum atomic E-state index is 11.5. The van der Waals surface area contributed by atoms with Gasteiger partial charge in [-0.1, -0.05) is 0 Å². The maximum Gasteiger partial charge on any atom is 0.250 e. The van der Waals surface area contributed by atoms with Crippen LogP contribution in [-0.4, -0.2) is 11.1 Å². The number of hydrogen-bond acceptors (Lipinski definition) is 3. The van der Waals surface area contributed by atoms with Gasteiger partial charge in [0.1, 0.15) is 5.76 Å². The molecule has 0 amide bonds. The summed E-state index contributed by atoms with van der Waals surface area (Å²) in [6.07, 6.45) is 3.44. The van der Waals surface area contributed by atoms with Crippen LogP contribution >= 0.6 is 15.9 Å². The molecule has 0 aliphatic heterocycles. The van der Waals surface area contributed by atoms with Crippen LogP contribution in [0.3, 0.4) is 0 Å². The first-order chi connectivity index (χ1) is 8.25. The third-order valence-electron chi connectivity index (χ3n) is 2.36. The Morgan fingerprint density at radius 2 is 2.24 bits per heavy atom. The lowest BCUT2D eigenvalue weighted by Gasteiger charge is -2.06. The van der Waals surface area contributed by atoms with Crippen LogP contribution in [0, 0.1) is 0 Å². The molecule has 0 saturated carbocycles. The highest BCUT2D eigenvalue weighted by molar-refractivity contribution is 9.10. The molecule has 0 saturated heterocycles. The lowest BCUT2D eigenvalue weighted by Crippen LogP contribution is -2.25. The number of pyridine rings is 1. The second-order valence-corrected chi connectivity index (χ2v) is 4.55. The van der Waals surface area contributed by atoms with Crippen LogP contribution in [0.4, 0.5) is 0 Å². The SMILES string of the molecule is O=c1ccc(Br)cn1CCNCc1ccco1. The van der Waals surface area contributed by atoms with Gasteiger partial charge in [-0.2, -0.15) is 0 Å². The summed E-state index contributed by atoms with van der Waals surface area (Å²) in [6.45, 7) is 2.03. The minimum atomic E-state index is 0.00741. The molecule has 0 aromatic carbocycles. The number of rotatable bonds is 5. The highest BCUT2D eigenvalue weighted by Crippen LogP contribution is 2.04. The molecule has 2 aromatic heterocycles. The lowest BCUT2D eigenvalue weighted by atomic mass is 10.4. The number of hydrogen-bond donors (Lipinski definition) is 1. The Labute approximate surface area is 107 Å². The van der Waals surface area contributed by atoms with Crippen LogP contribution in [-0.2, 0) is 13.1 Å². The molecule has 17 heavy (non-hydrogen) atoms. The normalized spacial score (nSPS) is 10.6. The van der Waals surface area contributed by atoms with Gasteiger partial charge in [-0.25, -0.2) is 0 Å². The van der Waals surface area contributed by atoms with Crippen molar-refractivity contribution in [1.29, 1.82) is 0 Å². The van der Waals surface area contributed by atoms with Crippen molar-refractivity contribution in [3.05, 3.63) is 57.3 Å². The number of nitrogens with one attached hydrogen (secondary N) is 1. The van der Waals surface area contributed by atoms with E-state index >= 15 is 0 Å². The van der Waals surface area contributed by atoms with E-state index in [1.807, 2.05) is 12.1 Å². The van der Waals surface area contributed by atoms with E-state index < -0.39 is 0 Å². The molecule has 0 aliphatic rings. The van der Waals surface area contributed by atoms with Crippen LogP contribution in [0.25, 0.3) is 0 Å². The maximum absolute atomic E-state index is 11.5. The molecule has 0 fully saturated rings. The Bertz CT molecular complexity index is 520. The molecule has 5 heteroatoms. The van der Waals surface area contributed by atoms with E-state index in [9.17, 15) is 4.79 Å². The lowest BCUT2D eigenvalue weighted by molar-refractivity contribution is 0.474. The van der Waals surface area contributed by atoms with Gasteiger partial charge in [0.05, 0.1) is 12.8 Å². The number of nitrogens with zero attached hydrogens (tertiary/aromatic N) is 1. The monoisotopic (exact) mass is 296 g/mol. The van der Waals surface area contributed by atoms with Crippen molar-refractivity contribution in [2.75, 3.05) is 6.54 Å². The molecule has 0 radical (unpaired) electrons.